The summed E-state index contributed by atoms with van der Waals surface area (Å²) in [6.45, 7) is 2.63. The monoisotopic (exact) mass is 332 g/mol. The summed E-state index contributed by atoms with van der Waals surface area (Å²) >= 11 is 0. The van der Waals surface area contributed by atoms with Gasteiger partial charge in [0.2, 0.25) is 5.78 Å². The Hall–Kier alpha value is -3.48. The molecule has 0 saturated heterocycles. The Morgan fingerprint density at radius 3 is 2.96 bits per heavy atom. The average molecular weight is 332 g/mol. The first kappa shape index (κ1) is 15.1. The van der Waals surface area contributed by atoms with Gasteiger partial charge >= 0.3 is 0 Å². The largest absolute Gasteiger partial charge is 0.305 e. The number of carbonyl (C=O) groups is 1. The van der Waals surface area contributed by atoms with Crippen molar-refractivity contribution in [2.75, 3.05) is 5.32 Å². The van der Waals surface area contributed by atoms with Gasteiger partial charge in [-0.25, -0.2) is 14.6 Å². The lowest BCUT2D eigenvalue weighted by atomic mass is 10.1. The number of aryl methyl sites for hydroxylation is 1. The molecule has 1 N–H and O–H groups in total. The van der Waals surface area contributed by atoms with Gasteiger partial charge in [-0.05, 0) is 18.6 Å². The molecule has 25 heavy (non-hydrogen) atoms. The lowest BCUT2D eigenvalue weighted by molar-refractivity contribution is 0.102. The number of nitrogens with one attached hydrogen (secondary N) is 1. The van der Waals surface area contributed by atoms with Gasteiger partial charge < -0.3 is 5.32 Å². The Balaban J connectivity index is 1.55. The number of aromatic nitrogens is 5. The van der Waals surface area contributed by atoms with E-state index in [9.17, 15) is 4.79 Å². The molecule has 1 amide bonds. The molecule has 3 heterocycles. The van der Waals surface area contributed by atoms with E-state index in [0.29, 0.717) is 23.8 Å². The predicted octanol–water partition coefficient (Wildman–Crippen LogP) is 2.53. The molecule has 1 aromatic carbocycles. The Morgan fingerprint density at radius 1 is 1.20 bits per heavy atom. The molecule has 0 bridgehead atoms. The molecule has 4 aromatic rings. The number of fused-ring (bicyclic) bond motifs is 1. The van der Waals surface area contributed by atoms with E-state index in [4.69, 9.17) is 0 Å². The topological polar surface area (TPSA) is 77.1 Å². The fraction of sp³-hybridized carbons (Fsp3) is 0.111. The second kappa shape index (κ2) is 6.20. The third-order valence-electron chi connectivity index (χ3n) is 3.84. The molecule has 0 unspecified atom stereocenters. The first-order chi connectivity index (χ1) is 12.2. The number of hydrogen-bond donors (Lipinski definition) is 1. The van der Waals surface area contributed by atoms with E-state index in [1.54, 1.807) is 46.0 Å². The molecule has 0 fully saturated rings. The molecule has 0 aliphatic rings. The standard InChI is InChI=1S/C18H16N6O/c1-13-4-2-5-14(10-13)11-24-16(6-8-20-24)22-17(25)15-12-23-9-3-7-19-18(23)21-15/h2-10,12H,11H2,1H3,(H,22,25). The molecular weight excluding hydrogens is 316 g/mol. The van der Waals surface area contributed by atoms with E-state index >= 15 is 0 Å². The van der Waals surface area contributed by atoms with Crippen molar-refractivity contribution in [3.8, 4) is 0 Å². The minimum absolute atomic E-state index is 0.295. The molecule has 0 saturated carbocycles. The first-order valence-corrected chi connectivity index (χ1v) is 7.87. The number of imidazole rings is 1. The molecule has 0 spiro atoms. The Kier molecular flexibility index (Phi) is 3.74. The quantitative estimate of drug-likeness (QED) is 0.623. The predicted molar refractivity (Wildman–Crippen MR) is 93.4 cm³/mol. The molecule has 7 nitrogen and oxygen atoms in total. The van der Waals surface area contributed by atoms with Crippen molar-refractivity contribution in [3.05, 3.63) is 78.0 Å². The van der Waals surface area contributed by atoms with Gasteiger partial charge in [0, 0.05) is 24.7 Å². The number of amides is 1. The van der Waals surface area contributed by atoms with Crippen LogP contribution in [-0.2, 0) is 6.54 Å². The zero-order valence-corrected chi connectivity index (χ0v) is 13.6. The summed E-state index contributed by atoms with van der Waals surface area (Å²) in [5, 5.41) is 7.16. The van der Waals surface area contributed by atoms with E-state index in [2.05, 4.69) is 26.4 Å². The van der Waals surface area contributed by atoms with Crippen LogP contribution in [0.25, 0.3) is 5.78 Å². The van der Waals surface area contributed by atoms with Crippen LogP contribution in [0.2, 0.25) is 0 Å². The summed E-state index contributed by atoms with van der Waals surface area (Å²) in [6.07, 6.45) is 6.75. The first-order valence-electron chi connectivity index (χ1n) is 7.87. The fourth-order valence-electron chi connectivity index (χ4n) is 2.67. The van der Waals surface area contributed by atoms with Gasteiger partial charge in [-0.2, -0.15) is 5.10 Å². The maximum Gasteiger partial charge on any atom is 0.277 e. The van der Waals surface area contributed by atoms with Gasteiger partial charge in [0.05, 0.1) is 12.7 Å². The van der Waals surface area contributed by atoms with Crippen molar-refractivity contribution in [1.29, 1.82) is 0 Å². The van der Waals surface area contributed by atoms with Crippen LogP contribution in [0.4, 0.5) is 5.82 Å². The summed E-state index contributed by atoms with van der Waals surface area (Å²) in [5.74, 6) is 0.814. The molecule has 0 radical (unpaired) electrons. The third kappa shape index (κ3) is 3.12. The van der Waals surface area contributed by atoms with Crippen molar-refractivity contribution in [2.45, 2.75) is 13.5 Å². The van der Waals surface area contributed by atoms with E-state index in [1.807, 2.05) is 25.1 Å². The van der Waals surface area contributed by atoms with Gasteiger partial charge in [0.1, 0.15) is 11.5 Å². The molecule has 4 rings (SSSR count). The number of hydrogen-bond acceptors (Lipinski definition) is 4. The highest BCUT2D eigenvalue weighted by Crippen LogP contribution is 2.13. The van der Waals surface area contributed by atoms with Crippen LogP contribution >= 0.6 is 0 Å². The van der Waals surface area contributed by atoms with Crippen LogP contribution in [0, 0.1) is 6.92 Å². The lowest BCUT2D eigenvalue weighted by Gasteiger charge is -2.08. The molecular formula is C18H16N6O. The maximum absolute atomic E-state index is 12.5. The summed E-state index contributed by atoms with van der Waals surface area (Å²) in [7, 11) is 0. The van der Waals surface area contributed by atoms with Crippen LogP contribution in [0.15, 0.2) is 61.2 Å². The third-order valence-corrected chi connectivity index (χ3v) is 3.84. The van der Waals surface area contributed by atoms with Crippen LogP contribution in [0.1, 0.15) is 21.6 Å². The highest BCUT2D eigenvalue weighted by atomic mass is 16.2. The van der Waals surface area contributed by atoms with Crippen molar-refractivity contribution < 1.29 is 4.79 Å². The Labute approximate surface area is 144 Å². The normalized spacial score (nSPS) is 10.9. The summed E-state index contributed by atoms with van der Waals surface area (Å²) < 4.78 is 3.46. The second-order valence-electron chi connectivity index (χ2n) is 5.77. The number of nitrogens with zero attached hydrogens (tertiary/aromatic N) is 5. The maximum atomic E-state index is 12.5. The molecule has 124 valence electrons. The van der Waals surface area contributed by atoms with Gasteiger partial charge in [-0.3, -0.25) is 9.20 Å². The molecule has 7 heteroatoms. The Bertz CT molecular complexity index is 1020. The number of carbonyl (C=O) groups excluding carboxylic acids is 1. The summed E-state index contributed by atoms with van der Waals surface area (Å²) in [5.41, 5.74) is 2.62. The summed E-state index contributed by atoms with van der Waals surface area (Å²) in [4.78, 5) is 20.8. The summed E-state index contributed by atoms with van der Waals surface area (Å²) in [6, 6.07) is 11.7. The zero-order chi connectivity index (χ0) is 17.2. The molecule has 3 aromatic heterocycles. The smallest absolute Gasteiger partial charge is 0.277 e. The molecule has 0 atom stereocenters. The highest BCUT2D eigenvalue weighted by molar-refractivity contribution is 6.02. The van der Waals surface area contributed by atoms with Crippen LogP contribution < -0.4 is 5.32 Å². The number of anilines is 1. The van der Waals surface area contributed by atoms with E-state index in [0.717, 1.165) is 5.56 Å². The van der Waals surface area contributed by atoms with Crippen molar-refractivity contribution >= 4 is 17.5 Å². The van der Waals surface area contributed by atoms with Gasteiger partial charge in [0.15, 0.2) is 0 Å². The highest BCUT2D eigenvalue weighted by Gasteiger charge is 2.14. The van der Waals surface area contributed by atoms with Crippen molar-refractivity contribution in [1.82, 2.24) is 24.1 Å². The fourth-order valence-corrected chi connectivity index (χ4v) is 2.67. The molecule has 0 aliphatic heterocycles. The van der Waals surface area contributed by atoms with E-state index < -0.39 is 0 Å². The van der Waals surface area contributed by atoms with Crippen molar-refractivity contribution in [2.24, 2.45) is 0 Å². The second-order valence-corrected chi connectivity index (χ2v) is 5.77. The van der Waals surface area contributed by atoms with E-state index in [1.165, 1.54) is 5.56 Å². The van der Waals surface area contributed by atoms with Gasteiger partial charge in [-0.15, -0.1) is 0 Å². The number of rotatable bonds is 4. The van der Waals surface area contributed by atoms with Gasteiger partial charge in [-0.1, -0.05) is 29.8 Å². The van der Waals surface area contributed by atoms with Crippen LogP contribution in [-0.4, -0.2) is 30.1 Å². The average Bonchev–Trinajstić information content (AvgIpc) is 3.22. The van der Waals surface area contributed by atoms with Crippen LogP contribution in [0.3, 0.4) is 0 Å². The lowest BCUT2D eigenvalue weighted by Crippen LogP contribution is -2.16. The van der Waals surface area contributed by atoms with Crippen LogP contribution in [0.5, 0.6) is 0 Å². The van der Waals surface area contributed by atoms with Crippen molar-refractivity contribution in [3.63, 3.8) is 0 Å². The minimum Gasteiger partial charge on any atom is -0.305 e. The minimum atomic E-state index is -0.295. The SMILES string of the molecule is Cc1cccc(Cn2nccc2NC(=O)c2cn3cccnc3n2)c1. The Morgan fingerprint density at radius 2 is 2.12 bits per heavy atom. The zero-order valence-electron chi connectivity index (χ0n) is 13.6. The molecule has 0 aliphatic carbocycles. The number of benzene rings is 1. The van der Waals surface area contributed by atoms with Gasteiger partial charge in [0.25, 0.3) is 5.91 Å². The van der Waals surface area contributed by atoms with E-state index in [-0.39, 0.29) is 5.91 Å².